The first-order valence-corrected chi connectivity index (χ1v) is 8.27. The molecule has 0 spiro atoms. The zero-order valence-corrected chi connectivity index (χ0v) is 14.9. The summed E-state index contributed by atoms with van der Waals surface area (Å²) in [4.78, 5) is 17.2. The zero-order chi connectivity index (χ0) is 17.3. The van der Waals surface area contributed by atoms with Crippen molar-refractivity contribution in [1.29, 1.82) is 0 Å². The first-order valence-electron chi connectivity index (χ1n) is 7.45. The number of halogens is 4. The number of nitrogens with zero attached hydrogens (tertiary/aromatic N) is 1. The molecule has 0 aliphatic carbocycles. The maximum atomic E-state index is 13.2. The van der Waals surface area contributed by atoms with Gasteiger partial charge in [-0.15, -0.1) is 23.7 Å². The van der Waals surface area contributed by atoms with Gasteiger partial charge in [-0.2, -0.15) is 0 Å². The van der Waals surface area contributed by atoms with Crippen molar-refractivity contribution in [2.24, 2.45) is 0 Å². The summed E-state index contributed by atoms with van der Waals surface area (Å²) in [6.45, 7) is 1.30. The Labute approximate surface area is 153 Å². The number of alkyl halides is 2. The van der Waals surface area contributed by atoms with Gasteiger partial charge in [-0.25, -0.2) is 18.2 Å². The molecule has 3 rings (SSSR count). The summed E-state index contributed by atoms with van der Waals surface area (Å²) in [6.07, 6.45) is -0.0176. The second kappa shape index (κ2) is 7.72. The molecule has 9 heteroatoms. The van der Waals surface area contributed by atoms with E-state index in [0.29, 0.717) is 11.6 Å². The van der Waals surface area contributed by atoms with Crippen LogP contribution < -0.4 is 10.6 Å². The average molecular weight is 392 g/mol. The molecule has 1 atom stereocenters. The number of carbonyl (C=O) groups excluding carboxylic acids is 1. The van der Waals surface area contributed by atoms with Crippen molar-refractivity contribution in [3.63, 3.8) is 0 Å². The largest absolute Gasteiger partial charge is 0.301 e. The second-order valence-electron chi connectivity index (χ2n) is 5.82. The van der Waals surface area contributed by atoms with Crippen LogP contribution >= 0.6 is 23.7 Å². The zero-order valence-electron chi connectivity index (χ0n) is 13.3. The van der Waals surface area contributed by atoms with Gasteiger partial charge in [0.2, 0.25) is 5.91 Å². The topological polar surface area (TPSA) is 54.0 Å². The molecule has 1 unspecified atom stereocenters. The maximum absolute atomic E-state index is 13.2. The van der Waals surface area contributed by atoms with Crippen LogP contribution in [0.15, 0.2) is 24.3 Å². The number of rotatable bonds is 4. The van der Waals surface area contributed by atoms with Gasteiger partial charge in [0.15, 0.2) is 5.13 Å². The van der Waals surface area contributed by atoms with Crippen molar-refractivity contribution < 1.29 is 18.0 Å². The number of hydrogen-bond acceptors (Lipinski definition) is 4. The van der Waals surface area contributed by atoms with Crippen molar-refractivity contribution >= 4 is 34.8 Å². The second-order valence-corrected chi connectivity index (χ2v) is 6.90. The molecule has 1 aliphatic rings. The van der Waals surface area contributed by atoms with Gasteiger partial charge in [-0.3, -0.25) is 10.1 Å². The van der Waals surface area contributed by atoms with Gasteiger partial charge >= 0.3 is 0 Å². The summed E-state index contributed by atoms with van der Waals surface area (Å²) in [5.41, 5.74) is 1.53. The lowest BCUT2D eigenvalue weighted by atomic mass is 10.1. The minimum Gasteiger partial charge on any atom is -0.301 e. The van der Waals surface area contributed by atoms with E-state index in [2.05, 4.69) is 15.6 Å². The Kier molecular flexibility index (Phi) is 6.08. The molecule has 25 heavy (non-hydrogen) atoms. The number of thiazole rings is 1. The summed E-state index contributed by atoms with van der Waals surface area (Å²) in [6, 6.07) is 5.35. The summed E-state index contributed by atoms with van der Waals surface area (Å²) >= 11 is 1.27. The van der Waals surface area contributed by atoms with Crippen molar-refractivity contribution in [2.75, 3.05) is 11.9 Å². The summed E-state index contributed by atoms with van der Waals surface area (Å²) in [5, 5.41) is 5.45. The standard InChI is InChI=1S/C16H16F3N3OS.ClH/c1-9-13(6-10-3-2-4-11(17)5-10)24-15(21-9)22-14(23)12-7-16(18,19)8-20-12;/h2-5,12,20H,6-8H2,1H3,(H,21,22,23);1H. The molecule has 1 aromatic heterocycles. The van der Waals surface area contributed by atoms with E-state index in [0.717, 1.165) is 16.1 Å². The fourth-order valence-electron chi connectivity index (χ4n) is 2.57. The Bertz CT molecular complexity index is 769. The summed E-state index contributed by atoms with van der Waals surface area (Å²) in [5.74, 6) is -3.68. The number of aromatic nitrogens is 1. The molecule has 0 saturated carbocycles. The molecule has 1 aliphatic heterocycles. The minimum absolute atomic E-state index is 0. The summed E-state index contributed by atoms with van der Waals surface area (Å²) < 4.78 is 39.5. The molecule has 1 aromatic carbocycles. The highest BCUT2D eigenvalue weighted by Crippen LogP contribution is 2.28. The van der Waals surface area contributed by atoms with E-state index in [1.807, 2.05) is 6.07 Å². The Morgan fingerprint density at radius 1 is 1.48 bits per heavy atom. The molecule has 1 amide bonds. The number of anilines is 1. The molecule has 0 radical (unpaired) electrons. The van der Waals surface area contributed by atoms with Crippen LogP contribution in [-0.4, -0.2) is 29.4 Å². The Morgan fingerprint density at radius 3 is 2.88 bits per heavy atom. The van der Waals surface area contributed by atoms with Gasteiger partial charge in [0.05, 0.1) is 18.3 Å². The minimum atomic E-state index is -2.86. The molecule has 136 valence electrons. The molecule has 0 bridgehead atoms. The average Bonchev–Trinajstić information content (AvgIpc) is 3.02. The van der Waals surface area contributed by atoms with Crippen molar-refractivity contribution in [3.8, 4) is 0 Å². The van der Waals surface area contributed by atoms with Gasteiger partial charge < -0.3 is 5.32 Å². The van der Waals surface area contributed by atoms with Gasteiger partial charge in [0.1, 0.15) is 5.82 Å². The van der Waals surface area contributed by atoms with Crippen LogP contribution in [0.2, 0.25) is 0 Å². The van der Waals surface area contributed by atoms with Crippen LogP contribution in [0, 0.1) is 12.7 Å². The van der Waals surface area contributed by atoms with Gasteiger partial charge in [-0.05, 0) is 24.6 Å². The molecular formula is C16H17ClF3N3OS. The van der Waals surface area contributed by atoms with E-state index in [9.17, 15) is 18.0 Å². The SMILES string of the molecule is Cc1nc(NC(=O)C2CC(F)(F)CN2)sc1Cc1cccc(F)c1.Cl. The molecule has 1 saturated heterocycles. The van der Waals surface area contributed by atoms with Gasteiger partial charge in [-0.1, -0.05) is 12.1 Å². The van der Waals surface area contributed by atoms with E-state index in [1.165, 1.54) is 23.5 Å². The van der Waals surface area contributed by atoms with E-state index in [4.69, 9.17) is 0 Å². The number of carbonyl (C=O) groups is 1. The Morgan fingerprint density at radius 2 is 2.24 bits per heavy atom. The monoisotopic (exact) mass is 391 g/mol. The normalized spacial score (nSPS) is 18.6. The number of amides is 1. The van der Waals surface area contributed by atoms with Gasteiger partial charge in [0, 0.05) is 17.7 Å². The molecule has 2 N–H and O–H groups in total. The van der Waals surface area contributed by atoms with Crippen LogP contribution in [0.3, 0.4) is 0 Å². The highest BCUT2D eigenvalue weighted by Gasteiger charge is 2.42. The number of hydrogen-bond donors (Lipinski definition) is 2. The summed E-state index contributed by atoms with van der Waals surface area (Å²) in [7, 11) is 0. The van der Waals surface area contributed by atoms with Crippen LogP contribution in [-0.2, 0) is 11.2 Å². The molecule has 1 fully saturated rings. The van der Waals surface area contributed by atoms with Crippen LogP contribution in [0.4, 0.5) is 18.3 Å². The lowest BCUT2D eigenvalue weighted by molar-refractivity contribution is -0.118. The van der Waals surface area contributed by atoms with Crippen LogP contribution in [0.25, 0.3) is 0 Å². The fourth-order valence-corrected chi connectivity index (χ4v) is 3.57. The molecular weight excluding hydrogens is 375 g/mol. The highest BCUT2D eigenvalue weighted by atomic mass is 35.5. The lowest BCUT2D eigenvalue weighted by Crippen LogP contribution is -2.35. The van der Waals surface area contributed by atoms with Gasteiger partial charge in [0.25, 0.3) is 5.92 Å². The number of nitrogens with one attached hydrogen (secondary N) is 2. The third-order valence-corrected chi connectivity index (χ3v) is 4.88. The highest BCUT2D eigenvalue weighted by molar-refractivity contribution is 7.15. The quantitative estimate of drug-likeness (QED) is 0.838. The lowest BCUT2D eigenvalue weighted by Gasteiger charge is -2.08. The Balaban J connectivity index is 0.00000225. The third-order valence-electron chi connectivity index (χ3n) is 3.80. The van der Waals surface area contributed by atoms with E-state index >= 15 is 0 Å². The van der Waals surface area contributed by atoms with Crippen molar-refractivity contribution in [3.05, 3.63) is 46.2 Å². The molecule has 4 nitrogen and oxygen atoms in total. The molecule has 2 heterocycles. The smallest absolute Gasteiger partial charge is 0.262 e. The van der Waals surface area contributed by atoms with Crippen molar-refractivity contribution in [1.82, 2.24) is 10.3 Å². The van der Waals surface area contributed by atoms with E-state index in [1.54, 1.807) is 13.0 Å². The number of benzene rings is 1. The third kappa shape index (κ3) is 4.93. The van der Waals surface area contributed by atoms with E-state index < -0.39 is 30.8 Å². The molecule has 2 aromatic rings. The maximum Gasteiger partial charge on any atom is 0.262 e. The van der Waals surface area contributed by atoms with E-state index in [-0.39, 0.29) is 18.2 Å². The number of aryl methyl sites for hydroxylation is 1. The predicted molar refractivity (Wildman–Crippen MR) is 93.3 cm³/mol. The van der Waals surface area contributed by atoms with Crippen molar-refractivity contribution in [2.45, 2.75) is 31.7 Å². The fraction of sp³-hybridized carbons (Fsp3) is 0.375. The van der Waals surface area contributed by atoms with Crippen LogP contribution in [0.5, 0.6) is 0 Å². The van der Waals surface area contributed by atoms with Crippen LogP contribution in [0.1, 0.15) is 22.6 Å². The predicted octanol–water partition coefficient (Wildman–Crippen LogP) is 3.54. The first kappa shape index (κ1) is 19.7. The first-order chi connectivity index (χ1) is 11.3. The Hall–Kier alpha value is -1.64.